The van der Waals surface area contributed by atoms with Gasteiger partial charge in [-0.3, -0.25) is 4.79 Å². The van der Waals surface area contributed by atoms with Gasteiger partial charge in [-0.25, -0.2) is 0 Å². The third-order valence-corrected chi connectivity index (χ3v) is 6.05. The molecule has 1 aromatic carbocycles. The highest BCUT2D eigenvalue weighted by Crippen LogP contribution is 2.40. The Bertz CT molecular complexity index is 544. The zero-order valence-electron chi connectivity index (χ0n) is 15.6. The van der Waals surface area contributed by atoms with Gasteiger partial charge in [0.25, 0.3) is 0 Å². The van der Waals surface area contributed by atoms with Crippen molar-refractivity contribution in [2.75, 3.05) is 0 Å². The molecule has 0 radical (unpaired) electrons. The topological polar surface area (TPSA) is 29.1 Å². The molecule has 2 aliphatic carbocycles. The summed E-state index contributed by atoms with van der Waals surface area (Å²) in [5.41, 5.74) is 1.54. The van der Waals surface area contributed by atoms with Crippen molar-refractivity contribution in [1.82, 2.24) is 5.32 Å². The lowest BCUT2D eigenvalue weighted by molar-refractivity contribution is -0.125. The predicted molar refractivity (Wildman–Crippen MR) is 99.9 cm³/mol. The van der Waals surface area contributed by atoms with Gasteiger partial charge >= 0.3 is 0 Å². The van der Waals surface area contributed by atoms with Gasteiger partial charge in [0.2, 0.25) is 5.91 Å². The summed E-state index contributed by atoms with van der Waals surface area (Å²) in [6.07, 6.45) is 8.43. The van der Waals surface area contributed by atoms with E-state index >= 15 is 0 Å². The summed E-state index contributed by atoms with van der Waals surface area (Å²) in [6, 6.07) is 10.8. The Hall–Kier alpha value is -1.31. The lowest BCUT2D eigenvalue weighted by Gasteiger charge is -2.40. The van der Waals surface area contributed by atoms with Gasteiger partial charge in [0, 0.05) is 6.04 Å². The molecule has 0 saturated heterocycles. The Morgan fingerprint density at radius 1 is 1.12 bits per heavy atom. The van der Waals surface area contributed by atoms with E-state index in [1.54, 1.807) is 0 Å². The molecule has 132 valence electrons. The average Bonchev–Trinajstić information content (AvgIpc) is 3.00. The van der Waals surface area contributed by atoms with Gasteiger partial charge in [0.05, 0.1) is 5.92 Å². The van der Waals surface area contributed by atoms with Crippen LogP contribution in [0.4, 0.5) is 0 Å². The molecule has 2 heteroatoms. The SMILES string of the molecule is C[C@H]1C[C@H](NC(=O)[C@@H](c2ccccc2)C2CCCC2)CC(C)(C)C1. The van der Waals surface area contributed by atoms with E-state index in [9.17, 15) is 4.79 Å². The van der Waals surface area contributed by atoms with E-state index in [-0.39, 0.29) is 11.8 Å². The minimum atomic E-state index is 0.0362. The Balaban J connectivity index is 1.74. The zero-order valence-corrected chi connectivity index (χ0v) is 15.6. The number of hydrogen-bond donors (Lipinski definition) is 1. The maximum absolute atomic E-state index is 13.2. The first kappa shape index (κ1) is 17.5. The smallest absolute Gasteiger partial charge is 0.228 e. The van der Waals surface area contributed by atoms with E-state index in [2.05, 4.69) is 50.4 Å². The second kappa shape index (κ2) is 7.29. The molecule has 2 aliphatic rings. The first-order valence-electron chi connectivity index (χ1n) is 9.80. The first-order valence-corrected chi connectivity index (χ1v) is 9.80. The fourth-order valence-corrected chi connectivity index (χ4v) is 5.34. The molecule has 1 N–H and O–H groups in total. The molecular formula is C22H33NO. The van der Waals surface area contributed by atoms with Crippen LogP contribution in [0.2, 0.25) is 0 Å². The van der Waals surface area contributed by atoms with Gasteiger partial charge in [0.15, 0.2) is 0 Å². The van der Waals surface area contributed by atoms with Crippen molar-refractivity contribution in [2.24, 2.45) is 17.3 Å². The molecule has 3 atom stereocenters. The molecule has 24 heavy (non-hydrogen) atoms. The van der Waals surface area contributed by atoms with E-state index in [0.29, 0.717) is 23.3 Å². The highest BCUT2D eigenvalue weighted by atomic mass is 16.2. The van der Waals surface area contributed by atoms with Crippen LogP contribution in [0.1, 0.15) is 77.2 Å². The number of benzene rings is 1. The van der Waals surface area contributed by atoms with Crippen LogP contribution in [0, 0.1) is 17.3 Å². The summed E-state index contributed by atoms with van der Waals surface area (Å²) < 4.78 is 0. The average molecular weight is 328 g/mol. The molecule has 0 heterocycles. The van der Waals surface area contributed by atoms with E-state index < -0.39 is 0 Å². The number of carbonyl (C=O) groups is 1. The molecule has 2 nitrogen and oxygen atoms in total. The van der Waals surface area contributed by atoms with Crippen molar-refractivity contribution in [3.63, 3.8) is 0 Å². The Morgan fingerprint density at radius 2 is 1.79 bits per heavy atom. The second-order valence-corrected chi connectivity index (χ2v) is 9.05. The number of nitrogens with one attached hydrogen (secondary N) is 1. The lowest BCUT2D eigenvalue weighted by Crippen LogP contribution is -2.45. The largest absolute Gasteiger partial charge is 0.353 e. The summed E-state index contributed by atoms with van der Waals surface area (Å²) in [4.78, 5) is 13.2. The molecule has 1 aromatic rings. The zero-order chi connectivity index (χ0) is 17.2. The quantitative estimate of drug-likeness (QED) is 0.799. The van der Waals surface area contributed by atoms with Crippen molar-refractivity contribution in [2.45, 2.75) is 77.7 Å². The number of amides is 1. The molecule has 0 aliphatic heterocycles. The standard InChI is InChI=1S/C22H33NO/c1-16-13-19(15-22(2,3)14-16)23-21(24)20(18-11-7-8-12-18)17-9-5-4-6-10-17/h4-6,9-10,16,18-20H,7-8,11-15H2,1-3H3,(H,23,24)/t16-,19-,20-/m0/s1. The third kappa shape index (κ3) is 4.20. The van der Waals surface area contributed by atoms with E-state index in [1.165, 1.54) is 37.7 Å². The maximum atomic E-state index is 13.2. The van der Waals surface area contributed by atoms with Crippen LogP contribution in [0.15, 0.2) is 30.3 Å². The van der Waals surface area contributed by atoms with Crippen molar-refractivity contribution in [3.05, 3.63) is 35.9 Å². The fourth-order valence-electron chi connectivity index (χ4n) is 5.34. The highest BCUT2D eigenvalue weighted by Gasteiger charge is 2.36. The van der Waals surface area contributed by atoms with E-state index in [1.807, 2.05) is 6.07 Å². The summed E-state index contributed by atoms with van der Waals surface area (Å²) in [5.74, 6) is 1.51. The minimum Gasteiger partial charge on any atom is -0.353 e. The van der Waals surface area contributed by atoms with Crippen LogP contribution in [0.3, 0.4) is 0 Å². The maximum Gasteiger partial charge on any atom is 0.228 e. The molecule has 0 unspecified atom stereocenters. The number of hydrogen-bond acceptors (Lipinski definition) is 1. The number of rotatable bonds is 4. The van der Waals surface area contributed by atoms with Crippen LogP contribution in [0.5, 0.6) is 0 Å². The van der Waals surface area contributed by atoms with Gasteiger partial charge in [0.1, 0.15) is 0 Å². The lowest BCUT2D eigenvalue weighted by atomic mass is 9.70. The van der Waals surface area contributed by atoms with E-state index in [4.69, 9.17) is 0 Å². The fraction of sp³-hybridized carbons (Fsp3) is 0.682. The molecule has 2 fully saturated rings. The molecule has 0 aromatic heterocycles. The van der Waals surface area contributed by atoms with Crippen molar-refractivity contribution < 1.29 is 4.79 Å². The van der Waals surface area contributed by atoms with Crippen LogP contribution in [0.25, 0.3) is 0 Å². The molecule has 1 amide bonds. The third-order valence-electron chi connectivity index (χ3n) is 6.05. The summed E-state index contributed by atoms with van der Waals surface area (Å²) in [5, 5.41) is 3.44. The van der Waals surface area contributed by atoms with Crippen LogP contribution in [-0.4, -0.2) is 11.9 Å². The van der Waals surface area contributed by atoms with Crippen LogP contribution in [-0.2, 0) is 4.79 Å². The monoisotopic (exact) mass is 327 g/mol. The molecule has 0 spiro atoms. The highest BCUT2D eigenvalue weighted by molar-refractivity contribution is 5.84. The van der Waals surface area contributed by atoms with Crippen molar-refractivity contribution in [3.8, 4) is 0 Å². The first-order chi connectivity index (χ1) is 11.4. The molecule has 0 bridgehead atoms. The second-order valence-electron chi connectivity index (χ2n) is 9.05. The van der Waals surface area contributed by atoms with Crippen molar-refractivity contribution >= 4 is 5.91 Å². The van der Waals surface area contributed by atoms with Gasteiger partial charge in [-0.15, -0.1) is 0 Å². The Kier molecular flexibility index (Phi) is 5.32. The van der Waals surface area contributed by atoms with E-state index in [0.717, 1.165) is 12.8 Å². The van der Waals surface area contributed by atoms with Gasteiger partial charge in [-0.1, -0.05) is 63.9 Å². The van der Waals surface area contributed by atoms with Crippen LogP contribution >= 0.6 is 0 Å². The Morgan fingerprint density at radius 3 is 2.42 bits per heavy atom. The molecular weight excluding hydrogens is 294 g/mol. The van der Waals surface area contributed by atoms with Crippen LogP contribution < -0.4 is 5.32 Å². The van der Waals surface area contributed by atoms with Crippen molar-refractivity contribution in [1.29, 1.82) is 0 Å². The number of carbonyl (C=O) groups excluding carboxylic acids is 1. The summed E-state index contributed by atoms with van der Waals surface area (Å²) >= 11 is 0. The predicted octanol–water partition coefficient (Wildman–Crippen LogP) is 5.29. The molecule has 2 saturated carbocycles. The summed E-state index contributed by atoms with van der Waals surface area (Å²) in [6.45, 7) is 7.01. The summed E-state index contributed by atoms with van der Waals surface area (Å²) in [7, 11) is 0. The van der Waals surface area contributed by atoms with Gasteiger partial charge in [-0.2, -0.15) is 0 Å². The normalized spacial score (nSPS) is 28.5. The van der Waals surface area contributed by atoms with Gasteiger partial charge < -0.3 is 5.32 Å². The minimum absolute atomic E-state index is 0.0362. The van der Waals surface area contributed by atoms with Gasteiger partial charge in [-0.05, 0) is 54.9 Å². The molecule has 3 rings (SSSR count). The Labute approximate surface area is 147 Å².